The highest BCUT2D eigenvalue weighted by molar-refractivity contribution is 5.94. The number of amidine groups is 1. The first-order valence-corrected chi connectivity index (χ1v) is 10.7. The smallest absolute Gasteiger partial charge is 0.349 e. The number of H-pyrrole nitrogens is 1. The van der Waals surface area contributed by atoms with Crippen molar-refractivity contribution in [2.45, 2.75) is 12.3 Å². The van der Waals surface area contributed by atoms with E-state index in [1.54, 1.807) is 38.5 Å². The fourth-order valence-corrected chi connectivity index (χ4v) is 3.79. The molecule has 1 atom stereocenters. The predicted octanol–water partition coefficient (Wildman–Crippen LogP) is 2.04. The molecule has 2 heterocycles. The zero-order chi connectivity index (χ0) is 24.9. The standard InChI is InChI=1S/C24H25N7O4/c1-33-18-12-16(13-19(34-2)21(18)35-3)17(11-14-6-8-15(9-7-14)22(25)26)23-28-24(32)31(30-23)20-5-4-10-27-29-20/h4-10,12-13,17H,11H2,1-3H3,(H3,25,26)(H,28,30,32). The monoisotopic (exact) mass is 475 g/mol. The van der Waals surface area contributed by atoms with Crippen LogP contribution in [-0.2, 0) is 6.42 Å². The van der Waals surface area contributed by atoms with Crippen molar-refractivity contribution in [3.05, 3.63) is 87.7 Å². The fourth-order valence-electron chi connectivity index (χ4n) is 3.79. The van der Waals surface area contributed by atoms with Crippen LogP contribution in [0.5, 0.6) is 17.2 Å². The van der Waals surface area contributed by atoms with E-state index in [4.69, 9.17) is 25.4 Å². The Morgan fingerprint density at radius 2 is 1.77 bits per heavy atom. The molecule has 4 N–H and O–H groups in total. The van der Waals surface area contributed by atoms with Crippen molar-refractivity contribution in [3.63, 3.8) is 0 Å². The first-order chi connectivity index (χ1) is 16.9. The fraction of sp³-hybridized carbons (Fsp3) is 0.208. The summed E-state index contributed by atoms with van der Waals surface area (Å²) in [4.78, 5) is 15.6. The molecule has 11 heteroatoms. The molecule has 0 saturated carbocycles. The lowest BCUT2D eigenvalue weighted by Gasteiger charge is -2.19. The zero-order valence-electron chi connectivity index (χ0n) is 19.5. The molecule has 0 aliphatic rings. The SMILES string of the molecule is COc1cc(C(Cc2ccc(C(=N)N)cc2)c2nn(-c3cccnn3)c(=O)[nH]2)cc(OC)c1OC. The summed E-state index contributed by atoms with van der Waals surface area (Å²) < 4.78 is 17.7. The number of rotatable bonds is 9. The summed E-state index contributed by atoms with van der Waals surface area (Å²) in [7, 11) is 4.62. The molecule has 0 aliphatic carbocycles. The van der Waals surface area contributed by atoms with Gasteiger partial charge >= 0.3 is 5.69 Å². The van der Waals surface area contributed by atoms with Crippen LogP contribution in [0.3, 0.4) is 0 Å². The average Bonchev–Trinajstić information content (AvgIpc) is 3.28. The third-order valence-electron chi connectivity index (χ3n) is 5.53. The number of ether oxygens (including phenoxy) is 3. The summed E-state index contributed by atoms with van der Waals surface area (Å²) in [5.74, 6) is 1.74. The molecule has 4 rings (SSSR count). The van der Waals surface area contributed by atoms with Gasteiger partial charge in [0.25, 0.3) is 0 Å². The van der Waals surface area contributed by atoms with E-state index >= 15 is 0 Å². The second-order valence-corrected chi connectivity index (χ2v) is 7.64. The molecule has 1 unspecified atom stereocenters. The Morgan fingerprint density at radius 3 is 2.31 bits per heavy atom. The molecule has 180 valence electrons. The van der Waals surface area contributed by atoms with Gasteiger partial charge in [0.2, 0.25) is 5.75 Å². The molecule has 0 amide bonds. The van der Waals surface area contributed by atoms with Gasteiger partial charge in [-0.3, -0.25) is 10.4 Å². The summed E-state index contributed by atoms with van der Waals surface area (Å²) >= 11 is 0. The van der Waals surface area contributed by atoms with E-state index in [0.29, 0.717) is 40.9 Å². The van der Waals surface area contributed by atoms with Gasteiger partial charge in [-0.05, 0) is 41.8 Å². The van der Waals surface area contributed by atoms with Gasteiger partial charge in [-0.15, -0.1) is 10.2 Å². The molecule has 0 radical (unpaired) electrons. The number of nitrogens with two attached hydrogens (primary N) is 1. The lowest BCUT2D eigenvalue weighted by molar-refractivity contribution is 0.323. The Bertz CT molecular complexity index is 1360. The van der Waals surface area contributed by atoms with Crippen LogP contribution in [0.25, 0.3) is 5.82 Å². The molecule has 0 spiro atoms. The lowest BCUT2D eigenvalue weighted by Crippen LogP contribution is -2.17. The number of hydrogen-bond acceptors (Lipinski definition) is 8. The second kappa shape index (κ2) is 10.1. The third kappa shape index (κ3) is 4.83. The predicted molar refractivity (Wildman–Crippen MR) is 129 cm³/mol. The van der Waals surface area contributed by atoms with Gasteiger partial charge in [-0.25, -0.2) is 4.79 Å². The minimum atomic E-state index is -0.440. The quantitative estimate of drug-likeness (QED) is 0.245. The van der Waals surface area contributed by atoms with Crippen LogP contribution in [-0.4, -0.2) is 52.1 Å². The van der Waals surface area contributed by atoms with Crippen molar-refractivity contribution in [3.8, 4) is 23.1 Å². The Labute approximate surface area is 201 Å². The molecule has 2 aromatic carbocycles. The third-order valence-corrected chi connectivity index (χ3v) is 5.53. The lowest BCUT2D eigenvalue weighted by atomic mass is 9.90. The van der Waals surface area contributed by atoms with Gasteiger partial charge in [-0.2, -0.15) is 9.78 Å². The highest BCUT2D eigenvalue weighted by atomic mass is 16.5. The van der Waals surface area contributed by atoms with Crippen molar-refractivity contribution in [1.29, 1.82) is 5.41 Å². The van der Waals surface area contributed by atoms with Crippen LogP contribution in [0.2, 0.25) is 0 Å². The first-order valence-electron chi connectivity index (χ1n) is 10.7. The zero-order valence-corrected chi connectivity index (χ0v) is 19.5. The van der Waals surface area contributed by atoms with Crippen molar-refractivity contribution < 1.29 is 14.2 Å². The maximum atomic E-state index is 12.8. The number of aromatic nitrogens is 5. The normalized spacial score (nSPS) is 11.6. The Morgan fingerprint density at radius 1 is 1.09 bits per heavy atom. The molecular formula is C24H25N7O4. The molecule has 0 bridgehead atoms. The van der Waals surface area contributed by atoms with Crippen LogP contribution < -0.4 is 25.6 Å². The van der Waals surface area contributed by atoms with Crippen LogP contribution >= 0.6 is 0 Å². The molecule has 2 aromatic heterocycles. The molecular weight excluding hydrogens is 450 g/mol. The van der Waals surface area contributed by atoms with E-state index in [-0.39, 0.29) is 5.84 Å². The first kappa shape index (κ1) is 23.5. The van der Waals surface area contributed by atoms with E-state index < -0.39 is 11.6 Å². The Kier molecular flexibility index (Phi) is 6.76. The van der Waals surface area contributed by atoms with Gasteiger partial charge in [0, 0.05) is 17.7 Å². The van der Waals surface area contributed by atoms with Crippen molar-refractivity contribution in [2.24, 2.45) is 5.73 Å². The van der Waals surface area contributed by atoms with Gasteiger partial charge in [0.15, 0.2) is 17.3 Å². The van der Waals surface area contributed by atoms with Gasteiger partial charge in [0.1, 0.15) is 11.7 Å². The molecule has 35 heavy (non-hydrogen) atoms. The van der Waals surface area contributed by atoms with E-state index in [1.807, 2.05) is 24.3 Å². The number of nitrogen functional groups attached to an aromatic ring is 1. The summed E-state index contributed by atoms with van der Waals surface area (Å²) in [5, 5.41) is 20.0. The second-order valence-electron chi connectivity index (χ2n) is 7.64. The number of hydrogen-bond donors (Lipinski definition) is 3. The van der Waals surface area contributed by atoms with Crippen molar-refractivity contribution in [1.82, 2.24) is 25.0 Å². The van der Waals surface area contributed by atoms with Gasteiger partial charge in [0.05, 0.1) is 21.3 Å². The topological polar surface area (TPSA) is 154 Å². The molecule has 0 saturated heterocycles. The van der Waals surface area contributed by atoms with E-state index in [0.717, 1.165) is 11.1 Å². The summed E-state index contributed by atoms with van der Waals surface area (Å²) in [6, 6.07) is 14.3. The van der Waals surface area contributed by atoms with Crippen LogP contribution in [0.1, 0.15) is 28.4 Å². The van der Waals surface area contributed by atoms with E-state index in [9.17, 15) is 4.79 Å². The average molecular weight is 476 g/mol. The molecule has 0 fully saturated rings. The maximum absolute atomic E-state index is 12.8. The Hall–Kier alpha value is -4.67. The number of nitrogens with one attached hydrogen (secondary N) is 2. The van der Waals surface area contributed by atoms with E-state index in [2.05, 4.69) is 20.3 Å². The van der Waals surface area contributed by atoms with Crippen molar-refractivity contribution >= 4 is 5.84 Å². The maximum Gasteiger partial charge on any atom is 0.349 e. The van der Waals surface area contributed by atoms with Crippen LogP contribution in [0.4, 0.5) is 0 Å². The van der Waals surface area contributed by atoms with Crippen molar-refractivity contribution in [2.75, 3.05) is 21.3 Å². The van der Waals surface area contributed by atoms with Gasteiger partial charge < -0.3 is 19.9 Å². The highest BCUT2D eigenvalue weighted by Crippen LogP contribution is 2.41. The summed E-state index contributed by atoms with van der Waals surface area (Å²) in [6.45, 7) is 0. The largest absolute Gasteiger partial charge is 0.493 e. The molecule has 0 aliphatic heterocycles. The van der Waals surface area contributed by atoms with Gasteiger partial charge in [-0.1, -0.05) is 24.3 Å². The van der Waals surface area contributed by atoms with Crippen LogP contribution in [0, 0.1) is 5.41 Å². The highest BCUT2D eigenvalue weighted by Gasteiger charge is 2.25. The summed E-state index contributed by atoms with van der Waals surface area (Å²) in [6.07, 6.45) is 2.00. The number of benzene rings is 2. The molecule has 4 aromatic rings. The van der Waals surface area contributed by atoms with Crippen LogP contribution in [0.15, 0.2) is 59.5 Å². The Balaban J connectivity index is 1.83. The number of methoxy groups -OCH3 is 3. The molecule has 11 nitrogen and oxygen atoms in total. The summed E-state index contributed by atoms with van der Waals surface area (Å²) in [5.41, 5.74) is 7.51. The minimum absolute atomic E-state index is 0.00947. The minimum Gasteiger partial charge on any atom is -0.493 e. The van der Waals surface area contributed by atoms with E-state index in [1.165, 1.54) is 18.0 Å². The number of nitrogens with zero attached hydrogens (tertiary/aromatic N) is 4. The number of aromatic amines is 1.